The van der Waals surface area contributed by atoms with E-state index in [1.54, 1.807) is 24.3 Å². The first kappa shape index (κ1) is 22.8. The molecule has 0 unspecified atom stereocenters. The number of amidine groups is 1. The lowest BCUT2D eigenvalue weighted by Gasteiger charge is -2.41. The molecule has 4 N–H and O–H groups in total. The average molecular weight is 476 g/mol. The van der Waals surface area contributed by atoms with Crippen molar-refractivity contribution in [3.8, 4) is 0 Å². The molecule has 0 spiro atoms. The standard InChI is InChI=1S/C24H24F4N4O2/c25-16-9-3-13(4-10-16)12-32-22(33)18-19(23(32,34)24(26,27)28)17-2-1-11-31(17)20(18)14-5-7-15(8-6-14)21(29)30/h3-10,17-20,34H,1-2,11-12H2,(H3,29,30)/t17-,18-,19-,20-,23+/m0/s1. The molecule has 0 saturated carbocycles. The summed E-state index contributed by atoms with van der Waals surface area (Å²) in [5.74, 6) is -3.91. The average Bonchev–Trinajstić information content (AvgIpc) is 3.42. The monoisotopic (exact) mass is 476 g/mol. The van der Waals surface area contributed by atoms with Crippen molar-refractivity contribution in [3.63, 3.8) is 0 Å². The van der Waals surface area contributed by atoms with Crippen LogP contribution in [-0.4, -0.2) is 51.1 Å². The molecule has 1 amide bonds. The van der Waals surface area contributed by atoms with Gasteiger partial charge < -0.3 is 15.7 Å². The van der Waals surface area contributed by atoms with Gasteiger partial charge in [0.05, 0.1) is 5.92 Å². The van der Waals surface area contributed by atoms with Crippen molar-refractivity contribution in [2.24, 2.45) is 17.6 Å². The quantitative estimate of drug-likeness (QED) is 0.359. The minimum absolute atomic E-state index is 0.135. The first-order chi connectivity index (χ1) is 16.0. The summed E-state index contributed by atoms with van der Waals surface area (Å²) in [6.07, 6.45) is -3.97. The lowest BCUT2D eigenvalue weighted by Crippen LogP contribution is -2.61. The summed E-state index contributed by atoms with van der Waals surface area (Å²) in [5.41, 5.74) is 3.59. The summed E-state index contributed by atoms with van der Waals surface area (Å²) in [6, 6.07) is 10.2. The van der Waals surface area contributed by atoms with Crippen molar-refractivity contribution < 1.29 is 27.5 Å². The maximum atomic E-state index is 14.5. The number of carbonyl (C=O) groups is 1. The maximum Gasteiger partial charge on any atom is 0.437 e. The molecular weight excluding hydrogens is 452 g/mol. The van der Waals surface area contributed by atoms with Crippen LogP contribution in [-0.2, 0) is 11.3 Å². The van der Waals surface area contributed by atoms with Gasteiger partial charge in [-0.25, -0.2) is 4.39 Å². The first-order valence-corrected chi connectivity index (χ1v) is 11.1. The zero-order valence-electron chi connectivity index (χ0n) is 18.1. The SMILES string of the molecule is N=C(N)c1ccc([C@H]2[C@H]3C(=O)N(Cc4ccc(F)cc4)[C@](O)(C(F)(F)F)[C@H]3[C@@H]3CCCN32)cc1. The van der Waals surface area contributed by atoms with Crippen LogP contribution in [0.1, 0.15) is 35.6 Å². The largest absolute Gasteiger partial charge is 0.437 e. The molecule has 10 heteroatoms. The van der Waals surface area contributed by atoms with E-state index in [1.807, 2.05) is 4.90 Å². The molecule has 3 saturated heterocycles. The first-order valence-electron chi connectivity index (χ1n) is 11.1. The summed E-state index contributed by atoms with van der Waals surface area (Å²) in [7, 11) is 0. The number of nitrogens with two attached hydrogens (primary N) is 1. The number of nitrogens with one attached hydrogen (secondary N) is 1. The van der Waals surface area contributed by atoms with E-state index in [9.17, 15) is 27.5 Å². The van der Waals surface area contributed by atoms with Crippen LogP contribution in [0.15, 0.2) is 48.5 Å². The molecule has 0 bridgehead atoms. The van der Waals surface area contributed by atoms with E-state index in [4.69, 9.17) is 11.1 Å². The van der Waals surface area contributed by atoms with E-state index in [0.29, 0.717) is 41.0 Å². The van der Waals surface area contributed by atoms with Gasteiger partial charge in [-0.3, -0.25) is 15.1 Å². The Morgan fingerprint density at radius 2 is 1.79 bits per heavy atom. The van der Waals surface area contributed by atoms with E-state index in [2.05, 4.69) is 0 Å². The van der Waals surface area contributed by atoms with Crippen molar-refractivity contribution in [3.05, 3.63) is 71.0 Å². The number of nitrogens with zero attached hydrogens (tertiary/aromatic N) is 2. The third kappa shape index (κ3) is 3.23. The summed E-state index contributed by atoms with van der Waals surface area (Å²) < 4.78 is 57.0. The predicted molar refractivity (Wildman–Crippen MR) is 115 cm³/mol. The van der Waals surface area contributed by atoms with Gasteiger partial charge in [0, 0.05) is 30.1 Å². The van der Waals surface area contributed by atoms with E-state index < -0.39 is 54.1 Å². The molecule has 3 heterocycles. The minimum Gasteiger partial charge on any atom is -0.384 e. The molecular formula is C24H24F4N4O2. The Kier molecular flexibility index (Phi) is 5.21. The van der Waals surface area contributed by atoms with Gasteiger partial charge in [0.2, 0.25) is 11.6 Å². The normalized spacial score (nSPS) is 31.1. The van der Waals surface area contributed by atoms with E-state index in [0.717, 1.165) is 12.1 Å². The van der Waals surface area contributed by atoms with Crippen LogP contribution in [0.4, 0.5) is 17.6 Å². The van der Waals surface area contributed by atoms with Crippen LogP contribution in [0.5, 0.6) is 0 Å². The van der Waals surface area contributed by atoms with Crippen molar-refractivity contribution in [1.29, 1.82) is 5.41 Å². The second-order valence-corrected chi connectivity index (χ2v) is 9.25. The number of hydrogen-bond donors (Lipinski definition) is 3. The molecule has 5 rings (SSSR count). The molecule has 3 aliphatic rings. The second kappa shape index (κ2) is 7.78. The summed E-state index contributed by atoms with van der Waals surface area (Å²) >= 11 is 0. The number of rotatable bonds is 4. The highest BCUT2D eigenvalue weighted by atomic mass is 19.4. The molecule has 5 atom stereocenters. The van der Waals surface area contributed by atoms with Crippen LogP contribution < -0.4 is 5.73 Å². The highest BCUT2D eigenvalue weighted by molar-refractivity contribution is 5.95. The molecule has 3 fully saturated rings. The molecule has 6 nitrogen and oxygen atoms in total. The predicted octanol–water partition coefficient (Wildman–Crippen LogP) is 3.15. The molecule has 180 valence electrons. The highest BCUT2D eigenvalue weighted by Crippen LogP contribution is 2.61. The second-order valence-electron chi connectivity index (χ2n) is 9.25. The van der Waals surface area contributed by atoms with Gasteiger partial charge in [-0.2, -0.15) is 13.2 Å². The Morgan fingerprint density at radius 3 is 2.38 bits per heavy atom. The Balaban J connectivity index is 1.59. The van der Waals surface area contributed by atoms with Crippen molar-refractivity contribution in [1.82, 2.24) is 9.80 Å². The maximum absolute atomic E-state index is 14.5. The molecule has 0 radical (unpaired) electrons. The van der Waals surface area contributed by atoms with Gasteiger partial charge >= 0.3 is 6.18 Å². The third-order valence-corrected chi connectivity index (χ3v) is 7.50. The van der Waals surface area contributed by atoms with Crippen molar-refractivity contribution in [2.45, 2.75) is 43.4 Å². The number of hydrogen-bond acceptors (Lipinski definition) is 4. The third-order valence-electron chi connectivity index (χ3n) is 7.50. The van der Waals surface area contributed by atoms with Gasteiger partial charge in [-0.05, 0) is 42.6 Å². The zero-order chi connectivity index (χ0) is 24.4. The number of benzene rings is 2. The fourth-order valence-electron chi connectivity index (χ4n) is 6.09. The Morgan fingerprint density at radius 1 is 1.15 bits per heavy atom. The zero-order valence-corrected chi connectivity index (χ0v) is 18.1. The smallest absolute Gasteiger partial charge is 0.384 e. The lowest BCUT2D eigenvalue weighted by atomic mass is 9.80. The Hall–Kier alpha value is -2.98. The van der Waals surface area contributed by atoms with Gasteiger partial charge in [-0.1, -0.05) is 36.4 Å². The number of aliphatic hydroxyl groups is 1. The number of alkyl halides is 3. The number of amides is 1. The highest BCUT2D eigenvalue weighted by Gasteiger charge is 2.77. The van der Waals surface area contributed by atoms with Gasteiger partial charge in [0.15, 0.2) is 0 Å². The number of fused-ring (bicyclic) bond motifs is 3. The Labute approximate surface area is 193 Å². The molecule has 0 aromatic heterocycles. The lowest BCUT2D eigenvalue weighted by molar-refractivity contribution is -0.322. The van der Waals surface area contributed by atoms with E-state index >= 15 is 0 Å². The molecule has 0 aliphatic carbocycles. The molecule has 2 aromatic carbocycles. The van der Waals surface area contributed by atoms with Crippen LogP contribution in [0.25, 0.3) is 0 Å². The van der Waals surface area contributed by atoms with E-state index in [-0.39, 0.29) is 5.84 Å². The molecule has 2 aromatic rings. The van der Waals surface area contributed by atoms with E-state index in [1.165, 1.54) is 12.1 Å². The number of likely N-dealkylation sites (tertiary alicyclic amines) is 1. The fourth-order valence-corrected chi connectivity index (χ4v) is 6.09. The van der Waals surface area contributed by atoms with Crippen molar-refractivity contribution >= 4 is 11.7 Å². The number of halogens is 4. The van der Waals surface area contributed by atoms with Crippen LogP contribution in [0.2, 0.25) is 0 Å². The summed E-state index contributed by atoms with van der Waals surface area (Å²) in [4.78, 5) is 16.1. The minimum atomic E-state index is -5.08. The fraction of sp³-hybridized carbons (Fsp3) is 0.417. The number of nitrogen functional groups attached to an aromatic ring is 1. The van der Waals surface area contributed by atoms with Crippen molar-refractivity contribution in [2.75, 3.05) is 6.54 Å². The molecule has 34 heavy (non-hydrogen) atoms. The Bertz CT molecular complexity index is 1120. The van der Waals surface area contributed by atoms with Crippen LogP contribution in [0, 0.1) is 23.1 Å². The summed E-state index contributed by atoms with van der Waals surface area (Å²) in [6.45, 7) is 0.0425. The topological polar surface area (TPSA) is 93.6 Å². The van der Waals surface area contributed by atoms with Crippen LogP contribution >= 0.6 is 0 Å². The molecule has 3 aliphatic heterocycles. The van der Waals surface area contributed by atoms with Gasteiger partial charge in [-0.15, -0.1) is 0 Å². The number of carbonyl (C=O) groups excluding carboxylic acids is 1. The summed E-state index contributed by atoms with van der Waals surface area (Å²) in [5, 5.41) is 18.9. The van der Waals surface area contributed by atoms with Gasteiger partial charge in [0.25, 0.3) is 0 Å². The van der Waals surface area contributed by atoms with Crippen LogP contribution in [0.3, 0.4) is 0 Å². The van der Waals surface area contributed by atoms with Gasteiger partial charge in [0.1, 0.15) is 11.7 Å².